The van der Waals surface area contributed by atoms with Gasteiger partial charge in [0.1, 0.15) is 0 Å². The summed E-state index contributed by atoms with van der Waals surface area (Å²) in [4.78, 5) is 26.4. The van der Waals surface area contributed by atoms with E-state index in [0.29, 0.717) is 23.6 Å². The van der Waals surface area contributed by atoms with E-state index in [-0.39, 0.29) is 5.76 Å². The van der Waals surface area contributed by atoms with Crippen LogP contribution in [0.15, 0.2) is 45.5 Å². The number of carbonyl (C=O) groups excluding carboxylic acids is 2. The zero-order valence-corrected chi connectivity index (χ0v) is 15.8. The van der Waals surface area contributed by atoms with Crippen molar-refractivity contribution >= 4 is 39.2 Å². The number of anilines is 2. The van der Waals surface area contributed by atoms with Gasteiger partial charge >= 0.3 is 5.97 Å². The van der Waals surface area contributed by atoms with Gasteiger partial charge in [-0.05, 0) is 59.3 Å². The van der Waals surface area contributed by atoms with Gasteiger partial charge in [0.15, 0.2) is 10.8 Å². The summed E-state index contributed by atoms with van der Waals surface area (Å²) in [5.74, 6) is -1.07. The van der Waals surface area contributed by atoms with Gasteiger partial charge in [0.2, 0.25) is 5.76 Å². The second kappa shape index (κ2) is 8.37. The molecule has 0 saturated carbocycles. The summed E-state index contributed by atoms with van der Waals surface area (Å²) in [6.45, 7) is 4.64. The second-order valence-corrected chi connectivity index (χ2v) is 6.57. The molecular weight excluding hydrogens is 404 g/mol. The lowest BCUT2D eigenvalue weighted by Gasteiger charge is -2.28. The number of ether oxygens (including phenoxy) is 2. The molecule has 2 aromatic rings. The zero-order valence-electron chi connectivity index (χ0n) is 14.2. The Morgan fingerprint density at radius 3 is 2.46 bits per heavy atom. The van der Waals surface area contributed by atoms with Crippen LogP contribution in [0.4, 0.5) is 11.4 Å². The lowest BCUT2D eigenvalue weighted by atomic mass is 10.2. The summed E-state index contributed by atoms with van der Waals surface area (Å²) in [7, 11) is 0. The Hall–Kier alpha value is -2.32. The molecule has 2 heterocycles. The molecule has 1 amide bonds. The van der Waals surface area contributed by atoms with Crippen LogP contribution in [0, 0.1) is 0 Å². The third kappa shape index (κ3) is 4.64. The highest BCUT2D eigenvalue weighted by Gasteiger charge is 2.21. The van der Waals surface area contributed by atoms with Crippen molar-refractivity contribution in [1.29, 1.82) is 0 Å². The molecule has 1 N–H and O–H groups in total. The van der Waals surface area contributed by atoms with Crippen molar-refractivity contribution in [3.05, 3.63) is 46.8 Å². The van der Waals surface area contributed by atoms with Gasteiger partial charge in [0.05, 0.1) is 13.2 Å². The Kier molecular flexibility index (Phi) is 5.95. The fourth-order valence-corrected chi connectivity index (χ4v) is 2.82. The van der Waals surface area contributed by atoms with Crippen molar-refractivity contribution in [3.63, 3.8) is 0 Å². The van der Waals surface area contributed by atoms with E-state index in [4.69, 9.17) is 13.9 Å². The first-order valence-electron chi connectivity index (χ1n) is 8.23. The summed E-state index contributed by atoms with van der Waals surface area (Å²) in [6.07, 6.45) is -0.953. The Morgan fingerprint density at radius 2 is 1.85 bits per heavy atom. The van der Waals surface area contributed by atoms with Crippen LogP contribution in [0.1, 0.15) is 17.5 Å². The van der Waals surface area contributed by atoms with Crippen LogP contribution < -0.4 is 10.2 Å². The van der Waals surface area contributed by atoms with Crippen molar-refractivity contribution in [2.45, 2.75) is 13.0 Å². The standard InChI is InChI=1S/C18H19BrN2O5/c1-12(25-18(23)15-6-7-16(19)26-15)17(22)20-13-2-4-14(5-3-13)21-8-10-24-11-9-21/h2-7,12H,8-11H2,1H3,(H,20,22). The van der Waals surface area contributed by atoms with Crippen molar-refractivity contribution in [1.82, 2.24) is 0 Å². The summed E-state index contributed by atoms with van der Waals surface area (Å²) < 4.78 is 16.0. The van der Waals surface area contributed by atoms with Crippen LogP contribution >= 0.6 is 15.9 Å². The summed E-state index contributed by atoms with van der Waals surface area (Å²) >= 11 is 3.11. The highest BCUT2D eigenvalue weighted by atomic mass is 79.9. The second-order valence-electron chi connectivity index (χ2n) is 5.79. The third-order valence-corrected chi connectivity index (χ3v) is 4.36. The zero-order chi connectivity index (χ0) is 18.5. The van der Waals surface area contributed by atoms with Crippen molar-refractivity contribution in [3.8, 4) is 0 Å². The first-order chi connectivity index (χ1) is 12.5. The number of carbonyl (C=O) groups is 2. The van der Waals surface area contributed by atoms with E-state index in [9.17, 15) is 9.59 Å². The van der Waals surface area contributed by atoms with Crippen LogP contribution in [0.25, 0.3) is 0 Å². The molecule has 1 fully saturated rings. The molecule has 1 saturated heterocycles. The molecular formula is C18H19BrN2O5. The highest BCUT2D eigenvalue weighted by Crippen LogP contribution is 2.20. The molecule has 1 unspecified atom stereocenters. The van der Waals surface area contributed by atoms with Gasteiger partial charge in [-0.15, -0.1) is 0 Å². The van der Waals surface area contributed by atoms with E-state index >= 15 is 0 Å². The van der Waals surface area contributed by atoms with Crippen LogP contribution in [-0.4, -0.2) is 44.3 Å². The molecule has 3 rings (SSSR count). The Bertz CT molecular complexity index is 768. The fourth-order valence-electron chi connectivity index (χ4n) is 2.52. The molecule has 0 spiro atoms. The fraction of sp³-hybridized carbons (Fsp3) is 0.333. The Balaban J connectivity index is 1.54. The van der Waals surface area contributed by atoms with E-state index in [0.717, 1.165) is 18.8 Å². The monoisotopic (exact) mass is 422 g/mol. The number of nitrogens with one attached hydrogen (secondary N) is 1. The first-order valence-corrected chi connectivity index (χ1v) is 9.02. The number of hydrogen-bond acceptors (Lipinski definition) is 6. The number of amides is 1. The van der Waals surface area contributed by atoms with Crippen molar-refractivity contribution < 1.29 is 23.5 Å². The topological polar surface area (TPSA) is 81.0 Å². The maximum atomic E-state index is 12.2. The van der Waals surface area contributed by atoms with Crippen molar-refractivity contribution in [2.24, 2.45) is 0 Å². The number of rotatable bonds is 5. The summed E-state index contributed by atoms with van der Waals surface area (Å²) in [5.41, 5.74) is 1.71. The molecule has 1 aromatic carbocycles. The maximum absolute atomic E-state index is 12.2. The molecule has 26 heavy (non-hydrogen) atoms. The number of esters is 1. The molecule has 1 aliphatic heterocycles. The molecule has 0 bridgehead atoms. The Labute approximate surface area is 159 Å². The van der Waals surface area contributed by atoms with Crippen LogP contribution in [-0.2, 0) is 14.3 Å². The molecule has 0 aliphatic carbocycles. The van der Waals surface area contributed by atoms with E-state index in [1.807, 2.05) is 24.3 Å². The number of halogens is 1. The largest absolute Gasteiger partial charge is 0.447 e. The van der Waals surface area contributed by atoms with E-state index in [1.165, 1.54) is 13.0 Å². The van der Waals surface area contributed by atoms with E-state index in [2.05, 4.69) is 26.1 Å². The van der Waals surface area contributed by atoms with Gasteiger partial charge in [-0.2, -0.15) is 0 Å². The number of morpholine rings is 1. The summed E-state index contributed by atoms with van der Waals surface area (Å²) in [5, 5.41) is 2.73. The number of benzene rings is 1. The van der Waals surface area contributed by atoms with Crippen molar-refractivity contribution in [2.75, 3.05) is 36.5 Å². The SMILES string of the molecule is CC(OC(=O)c1ccc(Br)o1)C(=O)Nc1ccc(N2CCOCC2)cc1. The van der Waals surface area contributed by atoms with Gasteiger partial charge < -0.3 is 24.1 Å². The third-order valence-electron chi connectivity index (χ3n) is 3.94. The lowest BCUT2D eigenvalue weighted by Crippen LogP contribution is -2.36. The number of hydrogen-bond donors (Lipinski definition) is 1. The lowest BCUT2D eigenvalue weighted by molar-refractivity contribution is -0.123. The van der Waals surface area contributed by atoms with Crippen LogP contribution in [0.2, 0.25) is 0 Å². The molecule has 0 radical (unpaired) electrons. The minimum atomic E-state index is -0.953. The predicted molar refractivity (Wildman–Crippen MR) is 99.4 cm³/mol. The average Bonchev–Trinajstić information content (AvgIpc) is 3.09. The van der Waals surface area contributed by atoms with E-state index in [1.54, 1.807) is 6.07 Å². The predicted octanol–water partition coefficient (Wildman–Crippen LogP) is 3.06. The molecule has 1 atom stereocenters. The number of furan rings is 1. The minimum Gasteiger partial charge on any atom is -0.447 e. The maximum Gasteiger partial charge on any atom is 0.375 e. The first kappa shape index (κ1) is 18.5. The Morgan fingerprint density at radius 1 is 1.15 bits per heavy atom. The minimum absolute atomic E-state index is 0.0337. The van der Waals surface area contributed by atoms with Gasteiger partial charge in [0, 0.05) is 24.5 Å². The van der Waals surface area contributed by atoms with Gasteiger partial charge in [-0.25, -0.2) is 4.79 Å². The van der Waals surface area contributed by atoms with Gasteiger partial charge in [0.25, 0.3) is 5.91 Å². The van der Waals surface area contributed by atoms with Crippen LogP contribution in [0.3, 0.4) is 0 Å². The molecule has 1 aromatic heterocycles. The molecule has 1 aliphatic rings. The summed E-state index contributed by atoms with van der Waals surface area (Å²) in [6, 6.07) is 10.6. The molecule has 8 heteroatoms. The normalized spacial score (nSPS) is 15.4. The smallest absolute Gasteiger partial charge is 0.375 e. The van der Waals surface area contributed by atoms with Crippen LogP contribution in [0.5, 0.6) is 0 Å². The molecule has 138 valence electrons. The van der Waals surface area contributed by atoms with Gasteiger partial charge in [-0.1, -0.05) is 0 Å². The number of nitrogens with zero attached hydrogens (tertiary/aromatic N) is 1. The highest BCUT2D eigenvalue weighted by molar-refractivity contribution is 9.10. The van der Waals surface area contributed by atoms with E-state index < -0.39 is 18.0 Å². The average molecular weight is 423 g/mol. The molecule has 7 nitrogen and oxygen atoms in total. The van der Waals surface area contributed by atoms with Gasteiger partial charge in [-0.3, -0.25) is 4.79 Å². The quantitative estimate of drug-likeness (QED) is 0.745.